The van der Waals surface area contributed by atoms with Crippen molar-refractivity contribution in [3.8, 4) is 0 Å². The molecule has 1 aliphatic heterocycles. The van der Waals surface area contributed by atoms with E-state index in [-0.39, 0.29) is 36.8 Å². The van der Waals surface area contributed by atoms with E-state index in [0.29, 0.717) is 18.8 Å². The van der Waals surface area contributed by atoms with Gasteiger partial charge in [0.05, 0.1) is 24.9 Å². The fraction of sp³-hybridized carbons (Fsp3) is 0.406. The monoisotopic (exact) mass is 547 g/mol. The molecule has 0 aliphatic carbocycles. The highest BCUT2D eigenvalue weighted by molar-refractivity contribution is 5.89. The third kappa shape index (κ3) is 7.27. The van der Waals surface area contributed by atoms with Crippen LogP contribution in [0.1, 0.15) is 61.5 Å². The number of likely N-dealkylation sites (N-methyl/N-ethyl adjacent to an activating group) is 1. The zero-order valence-electron chi connectivity index (χ0n) is 23.7. The van der Waals surface area contributed by atoms with E-state index < -0.39 is 12.4 Å². The van der Waals surface area contributed by atoms with E-state index in [9.17, 15) is 15.0 Å². The van der Waals surface area contributed by atoms with Gasteiger partial charge in [0.15, 0.2) is 6.29 Å². The second-order valence-electron chi connectivity index (χ2n) is 10.5. The molecule has 1 aliphatic rings. The summed E-state index contributed by atoms with van der Waals surface area (Å²) in [6, 6.07) is 24.5. The van der Waals surface area contributed by atoms with Crippen LogP contribution in [0.25, 0.3) is 0 Å². The Morgan fingerprint density at radius 3 is 2.40 bits per heavy atom. The number of hydrogen-bond acceptors (Lipinski definition) is 6. The second-order valence-corrected chi connectivity index (χ2v) is 10.5. The molecule has 2 amide bonds. The molecule has 0 radical (unpaired) electrons. The van der Waals surface area contributed by atoms with Gasteiger partial charge in [-0.05, 0) is 49.7 Å². The maximum atomic E-state index is 12.1. The minimum Gasteiger partial charge on any atom is -0.392 e. The summed E-state index contributed by atoms with van der Waals surface area (Å²) in [5.41, 5.74) is 4.15. The number of nitrogens with zero attached hydrogens (tertiary/aromatic N) is 1. The second kappa shape index (κ2) is 13.9. The molecule has 0 saturated carbocycles. The van der Waals surface area contributed by atoms with Gasteiger partial charge in [0, 0.05) is 36.3 Å². The van der Waals surface area contributed by atoms with Crippen LogP contribution in [0.2, 0.25) is 0 Å². The number of carbonyl (C=O) groups excluding carboxylic acids is 1. The number of amides is 2. The molecule has 1 saturated heterocycles. The minimum absolute atomic E-state index is 0.00335. The van der Waals surface area contributed by atoms with Crippen LogP contribution in [0.3, 0.4) is 0 Å². The maximum Gasteiger partial charge on any atom is 0.319 e. The first-order valence-electron chi connectivity index (χ1n) is 13.9. The molecular weight excluding hydrogens is 506 g/mol. The lowest BCUT2D eigenvalue weighted by molar-refractivity contribution is -0.276. The molecule has 0 aromatic heterocycles. The first kappa shape index (κ1) is 29.7. The van der Waals surface area contributed by atoms with Gasteiger partial charge in [-0.25, -0.2) is 4.79 Å². The van der Waals surface area contributed by atoms with Crippen LogP contribution in [0.15, 0.2) is 78.9 Å². The van der Waals surface area contributed by atoms with Gasteiger partial charge in [-0.3, -0.25) is 4.90 Å². The summed E-state index contributed by atoms with van der Waals surface area (Å²) >= 11 is 0. The molecule has 4 rings (SSSR count). The molecular formula is C32H41N3O5. The van der Waals surface area contributed by atoms with E-state index in [2.05, 4.69) is 22.5 Å². The highest BCUT2D eigenvalue weighted by atomic mass is 16.7. The molecule has 3 aromatic carbocycles. The number of aliphatic hydroxyl groups excluding tert-OH is 2. The average molecular weight is 548 g/mol. The molecule has 3 aromatic rings. The minimum atomic E-state index is -0.664. The number of urea groups is 1. The summed E-state index contributed by atoms with van der Waals surface area (Å²) in [7, 11) is 2.00. The lowest BCUT2D eigenvalue weighted by atomic mass is 9.89. The number of aliphatic hydroxyl groups is 2. The van der Waals surface area contributed by atoms with Crippen LogP contribution in [0.5, 0.6) is 0 Å². The van der Waals surface area contributed by atoms with Crippen LogP contribution in [0.4, 0.5) is 10.5 Å². The van der Waals surface area contributed by atoms with Crippen molar-refractivity contribution in [2.45, 2.75) is 58.0 Å². The van der Waals surface area contributed by atoms with Crippen molar-refractivity contribution < 1.29 is 24.5 Å². The standard InChI is InChI=1S/C32H41N3O5/c1-5-33-32(38)34-27-13-9-12-26(18-27)31-39-28(19-35(4)22(3)29(37)24-10-7-6-8-11-24)21(2)30(40-31)25-16-14-23(20-36)15-17-25/h6-18,21-22,28-31,36-37H,5,19-20H2,1-4H3,(H2,33,34,38)/t21-,22+,28+,29+,30+,31+/m1/s1. The van der Waals surface area contributed by atoms with Gasteiger partial charge >= 0.3 is 6.03 Å². The summed E-state index contributed by atoms with van der Waals surface area (Å²) in [6.07, 6.45) is -1.78. The highest BCUT2D eigenvalue weighted by Gasteiger charge is 2.39. The molecule has 8 heteroatoms. The summed E-state index contributed by atoms with van der Waals surface area (Å²) in [6.45, 7) is 7.08. The number of ether oxygens (including phenoxy) is 2. The van der Waals surface area contributed by atoms with E-state index in [4.69, 9.17) is 9.47 Å². The van der Waals surface area contributed by atoms with Gasteiger partial charge in [-0.2, -0.15) is 0 Å². The van der Waals surface area contributed by atoms with Crippen molar-refractivity contribution in [1.82, 2.24) is 10.2 Å². The van der Waals surface area contributed by atoms with Gasteiger partial charge in [0.2, 0.25) is 0 Å². The van der Waals surface area contributed by atoms with E-state index >= 15 is 0 Å². The Morgan fingerprint density at radius 1 is 1.00 bits per heavy atom. The van der Waals surface area contributed by atoms with Crippen molar-refractivity contribution in [2.75, 3.05) is 25.5 Å². The normalized spacial score (nSPS) is 22.5. The van der Waals surface area contributed by atoms with Crippen LogP contribution >= 0.6 is 0 Å². The fourth-order valence-corrected chi connectivity index (χ4v) is 5.05. The predicted octanol–water partition coefficient (Wildman–Crippen LogP) is 5.17. The summed E-state index contributed by atoms with van der Waals surface area (Å²) in [5, 5.41) is 26.1. The molecule has 4 N–H and O–H groups in total. The molecule has 40 heavy (non-hydrogen) atoms. The highest BCUT2D eigenvalue weighted by Crippen LogP contribution is 2.42. The van der Waals surface area contributed by atoms with Crippen molar-refractivity contribution in [1.29, 1.82) is 0 Å². The van der Waals surface area contributed by atoms with Crippen LogP contribution < -0.4 is 10.6 Å². The number of benzene rings is 3. The van der Waals surface area contributed by atoms with E-state index in [1.54, 1.807) is 0 Å². The third-order valence-corrected chi connectivity index (χ3v) is 7.64. The molecule has 0 unspecified atom stereocenters. The quantitative estimate of drug-likeness (QED) is 0.279. The Bertz CT molecular complexity index is 1220. The number of nitrogens with one attached hydrogen (secondary N) is 2. The molecule has 0 bridgehead atoms. The maximum absolute atomic E-state index is 12.1. The van der Waals surface area contributed by atoms with Crippen molar-refractivity contribution in [3.05, 3.63) is 101 Å². The van der Waals surface area contributed by atoms with Gasteiger partial charge in [0.25, 0.3) is 0 Å². The topological polar surface area (TPSA) is 103 Å². The number of rotatable bonds is 10. The van der Waals surface area contributed by atoms with Crippen molar-refractivity contribution >= 4 is 11.7 Å². The molecule has 1 fully saturated rings. The first-order chi connectivity index (χ1) is 19.3. The summed E-state index contributed by atoms with van der Waals surface area (Å²) in [5.74, 6) is -0.00335. The molecule has 1 heterocycles. The Hall–Kier alpha value is -3.27. The lowest BCUT2D eigenvalue weighted by Gasteiger charge is -2.43. The van der Waals surface area contributed by atoms with Crippen LogP contribution in [0, 0.1) is 5.92 Å². The fourth-order valence-electron chi connectivity index (χ4n) is 5.05. The number of carbonyl (C=O) groups is 1. The Balaban J connectivity index is 1.58. The predicted molar refractivity (Wildman–Crippen MR) is 156 cm³/mol. The smallest absolute Gasteiger partial charge is 0.319 e. The van der Waals surface area contributed by atoms with Gasteiger partial charge < -0.3 is 30.3 Å². The molecule has 0 spiro atoms. The number of hydrogen-bond donors (Lipinski definition) is 4. The largest absolute Gasteiger partial charge is 0.392 e. The van der Waals surface area contributed by atoms with E-state index in [1.165, 1.54) is 0 Å². The Labute approximate surface area is 236 Å². The Kier molecular flexibility index (Phi) is 10.3. The lowest BCUT2D eigenvalue weighted by Crippen LogP contribution is -2.46. The van der Waals surface area contributed by atoms with Gasteiger partial charge in [0.1, 0.15) is 0 Å². The van der Waals surface area contributed by atoms with Gasteiger partial charge in [-0.1, -0.05) is 73.7 Å². The average Bonchev–Trinajstić information content (AvgIpc) is 2.98. The zero-order valence-corrected chi connectivity index (χ0v) is 23.7. The Morgan fingerprint density at radius 2 is 1.73 bits per heavy atom. The summed E-state index contributed by atoms with van der Waals surface area (Å²) in [4.78, 5) is 14.2. The SMILES string of the molecule is CCNC(=O)Nc1cccc([C@H]2O[C@@H](CN(C)[C@@H](C)[C@H](O)c3ccccc3)[C@@H](C)[C@@H](c3ccc(CO)cc3)O2)c1. The zero-order chi connectivity index (χ0) is 28.6. The van der Waals surface area contributed by atoms with E-state index in [1.807, 2.05) is 99.8 Å². The molecule has 8 nitrogen and oxygen atoms in total. The van der Waals surface area contributed by atoms with Gasteiger partial charge in [-0.15, -0.1) is 0 Å². The molecule has 6 atom stereocenters. The first-order valence-corrected chi connectivity index (χ1v) is 13.9. The van der Waals surface area contributed by atoms with Crippen molar-refractivity contribution in [2.24, 2.45) is 5.92 Å². The van der Waals surface area contributed by atoms with Crippen molar-refractivity contribution in [3.63, 3.8) is 0 Å². The van der Waals surface area contributed by atoms with Crippen LogP contribution in [-0.4, -0.2) is 53.4 Å². The number of anilines is 1. The van der Waals surface area contributed by atoms with Crippen LogP contribution in [-0.2, 0) is 16.1 Å². The molecule has 214 valence electrons. The van der Waals surface area contributed by atoms with E-state index in [0.717, 1.165) is 22.3 Å². The summed E-state index contributed by atoms with van der Waals surface area (Å²) < 4.78 is 13.1. The third-order valence-electron chi connectivity index (χ3n) is 7.64.